The third kappa shape index (κ3) is 2.98. The zero-order valence-corrected chi connectivity index (χ0v) is 14.5. The van der Waals surface area contributed by atoms with Crippen molar-refractivity contribution in [2.75, 3.05) is 11.5 Å². The molecular weight excluding hydrogens is 381 g/mol. The number of nitrogens with zero attached hydrogens (tertiary/aromatic N) is 3. The van der Waals surface area contributed by atoms with Gasteiger partial charge >= 0.3 is 24.1 Å². The molecule has 1 aromatic carbocycles. The van der Waals surface area contributed by atoms with Gasteiger partial charge in [0, 0.05) is 23.6 Å². The molecule has 4 rings (SSSR count). The second-order valence-corrected chi connectivity index (χ2v) is 6.14. The van der Waals surface area contributed by atoms with Crippen molar-refractivity contribution in [1.29, 1.82) is 0 Å². The molecule has 2 aromatic heterocycles. The first kappa shape index (κ1) is 18.0. The van der Waals surface area contributed by atoms with Gasteiger partial charge in [0.05, 0.1) is 18.7 Å². The lowest BCUT2D eigenvalue weighted by molar-refractivity contribution is -0.141. The van der Waals surface area contributed by atoms with Crippen molar-refractivity contribution in [3.05, 3.63) is 51.1 Å². The van der Waals surface area contributed by atoms with Crippen molar-refractivity contribution in [3.8, 4) is 0 Å². The quantitative estimate of drug-likeness (QED) is 0.682. The van der Waals surface area contributed by atoms with E-state index < -0.39 is 23.3 Å². The van der Waals surface area contributed by atoms with Gasteiger partial charge in [0.1, 0.15) is 5.69 Å². The summed E-state index contributed by atoms with van der Waals surface area (Å²) < 4.78 is 49.3. The number of hydrogen-bond acceptors (Lipinski definition) is 7. The number of alkyl halides is 3. The Bertz CT molecular complexity index is 1140. The van der Waals surface area contributed by atoms with Crippen LogP contribution in [0.3, 0.4) is 0 Å². The van der Waals surface area contributed by atoms with Crippen LogP contribution < -0.4 is 10.3 Å². The molecule has 0 fully saturated rings. The Morgan fingerprint density at radius 2 is 2.11 bits per heavy atom. The van der Waals surface area contributed by atoms with Gasteiger partial charge in [-0.3, -0.25) is 4.79 Å². The molecule has 0 amide bonds. The first-order chi connectivity index (χ1) is 13.3. The van der Waals surface area contributed by atoms with E-state index in [2.05, 4.69) is 15.2 Å². The molecule has 0 saturated carbocycles. The van der Waals surface area contributed by atoms with Gasteiger partial charge in [-0.15, -0.1) is 0 Å². The molecule has 8 nitrogen and oxygen atoms in total. The van der Waals surface area contributed by atoms with E-state index >= 15 is 0 Å². The lowest BCUT2D eigenvalue weighted by atomic mass is 10.0. The number of rotatable bonds is 3. The smallest absolute Gasteiger partial charge is 0.431 e. The van der Waals surface area contributed by atoms with Crippen molar-refractivity contribution >= 4 is 22.9 Å². The van der Waals surface area contributed by atoms with Crippen LogP contribution in [0.5, 0.6) is 0 Å². The highest BCUT2D eigenvalue weighted by atomic mass is 19.4. The summed E-state index contributed by atoms with van der Waals surface area (Å²) in [6.07, 6.45) is -4.67. The fraction of sp³-hybridized carbons (Fsp3) is 0.294. The molecule has 28 heavy (non-hydrogen) atoms. The van der Waals surface area contributed by atoms with E-state index in [0.29, 0.717) is 17.2 Å². The van der Waals surface area contributed by atoms with Crippen LogP contribution in [0.25, 0.3) is 10.9 Å². The number of hydrogen-bond donors (Lipinski definition) is 1. The molecule has 0 spiro atoms. The topological polar surface area (TPSA) is 101 Å². The van der Waals surface area contributed by atoms with Gasteiger partial charge in [0.2, 0.25) is 0 Å². The second-order valence-electron chi connectivity index (χ2n) is 6.14. The van der Waals surface area contributed by atoms with Crippen molar-refractivity contribution in [2.24, 2.45) is 0 Å². The van der Waals surface area contributed by atoms with Crippen LogP contribution in [0.1, 0.15) is 34.4 Å². The Kier molecular flexibility index (Phi) is 4.09. The molecule has 11 heteroatoms. The Morgan fingerprint density at radius 3 is 2.82 bits per heavy atom. The van der Waals surface area contributed by atoms with Crippen LogP contribution in [0.4, 0.5) is 19.2 Å². The van der Waals surface area contributed by atoms with Crippen LogP contribution in [0, 0.1) is 0 Å². The van der Waals surface area contributed by atoms with Gasteiger partial charge in [-0.1, -0.05) is 16.3 Å². The Hall–Kier alpha value is -3.37. The van der Waals surface area contributed by atoms with Crippen LogP contribution in [0.15, 0.2) is 27.4 Å². The molecule has 0 radical (unpaired) electrons. The maximum atomic E-state index is 13.1. The van der Waals surface area contributed by atoms with Crippen molar-refractivity contribution in [1.82, 2.24) is 15.2 Å². The van der Waals surface area contributed by atoms with Crippen molar-refractivity contribution in [3.63, 3.8) is 0 Å². The predicted molar refractivity (Wildman–Crippen MR) is 89.7 cm³/mol. The average molecular weight is 394 g/mol. The first-order valence-corrected chi connectivity index (χ1v) is 8.28. The third-order valence-corrected chi connectivity index (χ3v) is 4.36. The highest BCUT2D eigenvalue weighted by Gasteiger charge is 2.34. The van der Waals surface area contributed by atoms with E-state index in [1.54, 1.807) is 17.9 Å². The number of H-pyrrole nitrogens is 1. The number of aromatic nitrogens is 3. The van der Waals surface area contributed by atoms with Crippen LogP contribution >= 0.6 is 0 Å². The zero-order chi connectivity index (χ0) is 20.1. The van der Waals surface area contributed by atoms with Crippen molar-refractivity contribution in [2.45, 2.75) is 26.2 Å². The fourth-order valence-corrected chi connectivity index (χ4v) is 3.11. The molecule has 1 N–H and O–H groups in total. The normalized spacial score (nSPS) is 13.8. The molecule has 146 valence electrons. The minimum Gasteiger partial charge on any atom is -0.459 e. The SMILES string of the molecule is CCOC(=O)c1nnc(N2Cc3ccc4c(=O)cc(C(F)(F)F)[nH]c4c3C2)o1. The molecule has 0 unspecified atom stereocenters. The van der Waals surface area contributed by atoms with E-state index in [9.17, 15) is 22.8 Å². The third-order valence-electron chi connectivity index (χ3n) is 4.36. The molecule has 3 aromatic rings. The molecule has 1 aliphatic heterocycles. The second kappa shape index (κ2) is 6.36. The molecule has 0 bridgehead atoms. The number of ether oxygens (including phenoxy) is 1. The van der Waals surface area contributed by atoms with Gasteiger partial charge in [0.25, 0.3) is 0 Å². The number of nitrogens with one attached hydrogen (secondary N) is 1. The number of pyridine rings is 1. The molecule has 1 aliphatic rings. The minimum atomic E-state index is -4.67. The van der Waals surface area contributed by atoms with Gasteiger partial charge < -0.3 is 19.0 Å². The lowest BCUT2D eigenvalue weighted by Crippen LogP contribution is -2.16. The summed E-state index contributed by atoms with van der Waals surface area (Å²) in [6.45, 7) is 2.18. The summed E-state index contributed by atoms with van der Waals surface area (Å²) >= 11 is 0. The summed E-state index contributed by atoms with van der Waals surface area (Å²) in [6, 6.07) is 3.73. The number of anilines is 1. The monoisotopic (exact) mass is 394 g/mol. The number of carbonyl (C=O) groups excluding carboxylic acids is 1. The maximum absolute atomic E-state index is 13.1. The number of esters is 1. The molecule has 0 atom stereocenters. The van der Waals surface area contributed by atoms with Crippen LogP contribution in [-0.4, -0.2) is 27.8 Å². The Labute approximate surface area is 154 Å². The van der Waals surface area contributed by atoms with E-state index in [1.165, 1.54) is 6.07 Å². The maximum Gasteiger partial charge on any atom is 0.431 e. The number of carbonyl (C=O) groups is 1. The van der Waals surface area contributed by atoms with E-state index in [4.69, 9.17) is 9.15 Å². The van der Waals surface area contributed by atoms with Crippen molar-refractivity contribution < 1.29 is 27.1 Å². The largest absolute Gasteiger partial charge is 0.459 e. The molecule has 0 saturated heterocycles. The fourth-order valence-electron chi connectivity index (χ4n) is 3.11. The summed E-state index contributed by atoms with van der Waals surface area (Å²) in [7, 11) is 0. The highest BCUT2D eigenvalue weighted by molar-refractivity contribution is 5.85. The predicted octanol–water partition coefficient (Wildman–Crippen LogP) is 2.63. The van der Waals surface area contributed by atoms with Gasteiger partial charge in [-0.25, -0.2) is 4.79 Å². The number of benzene rings is 1. The minimum absolute atomic E-state index is 0.0294. The number of fused-ring (bicyclic) bond motifs is 3. The van der Waals surface area contributed by atoms with E-state index in [1.807, 2.05) is 0 Å². The highest BCUT2D eigenvalue weighted by Crippen LogP contribution is 2.33. The number of halogens is 3. The number of aromatic amines is 1. The first-order valence-electron chi connectivity index (χ1n) is 8.28. The van der Waals surface area contributed by atoms with E-state index in [-0.39, 0.29) is 42.5 Å². The van der Waals surface area contributed by atoms with Crippen LogP contribution in [0.2, 0.25) is 0 Å². The average Bonchev–Trinajstić information content (AvgIpc) is 3.28. The molecule has 0 aliphatic carbocycles. The summed E-state index contributed by atoms with van der Waals surface area (Å²) in [5.74, 6) is -1.08. The lowest BCUT2D eigenvalue weighted by Gasteiger charge is -2.11. The summed E-state index contributed by atoms with van der Waals surface area (Å²) in [5.41, 5.74) is -0.483. The molecular formula is C17H13F3N4O4. The summed E-state index contributed by atoms with van der Waals surface area (Å²) in [5, 5.41) is 7.58. The summed E-state index contributed by atoms with van der Waals surface area (Å²) in [4.78, 5) is 27.7. The molecule has 3 heterocycles. The van der Waals surface area contributed by atoms with Gasteiger partial charge in [0.15, 0.2) is 5.43 Å². The van der Waals surface area contributed by atoms with Gasteiger partial charge in [-0.05, 0) is 18.6 Å². The van der Waals surface area contributed by atoms with Gasteiger partial charge in [-0.2, -0.15) is 13.2 Å². The standard InChI is InChI=1S/C17H13F3N4O4/c1-2-27-15(26)14-22-23-16(28-14)24-6-8-3-4-9-11(25)5-12(17(18,19)20)21-13(9)10(8)7-24/h3-5H,2,6-7H2,1H3,(H,21,25). The Morgan fingerprint density at radius 1 is 1.32 bits per heavy atom. The zero-order valence-electron chi connectivity index (χ0n) is 14.5. The van der Waals surface area contributed by atoms with Crippen LogP contribution in [-0.2, 0) is 24.0 Å². The Balaban J connectivity index is 1.72. The van der Waals surface area contributed by atoms with E-state index in [0.717, 1.165) is 0 Å².